The summed E-state index contributed by atoms with van der Waals surface area (Å²) < 4.78 is 0. The number of halogens is 1. The molecule has 5 rings (SSSR count). The fourth-order valence-electron chi connectivity index (χ4n) is 7.13. The van der Waals surface area contributed by atoms with Gasteiger partial charge in [0.1, 0.15) is 11.5 Å². The van der Waals surface area contributed by atoms with E-state index in [2.05, 4.69) is 35.9 Å². The van der Waals surface area contributed by atoms with Gasteiger partial charge < -0.3 is 10.2 Å². The van der Waals surface area contributed by atoms with Crippen molar-refractivity contribution in [2.75, 3.05) is 5.33 Å². The fraction of sp³-hybridized carbons (Fsp3) is 0.652. The lowest BCUT2D eigenvalue weighted by Crippen LogP contribution is -2.34. The zero-order chi connectivity index (χ0) is 18.3. The average Bonchev–Trinajstić information content (AvgIpc) is 2.84. The Hall–Kier alpha value is -0.960. The van der Waals surface area contributed by atoms with E-state index in [9.17, 15) is 10.2 Å². The van der Waals surface area contributed by atoms with Gasteiger partial charge in [0, 0.05) is 16.3 Å². The molecule has 4 unspecified atom stereocenters. The minimum atomic E-state index is -0.114. The van der Waals surface area contributed by atoms with Gasteiger partial charge in [0.2, 0.25) is 0 Å². The molecular formula is C23H29BrO2. The Balaban J connectivity index is 1.52. The first-order valence-corrected chi connectivity index (χ1v) is 11.3. The highest BCUT2D eigenvalue weighted by molar-refractivity contribution is 9.09. The van der Waals surface area contributed by atoms with E-state index in [0.717, 1.165) is 22.9 Å². The number of hydrogen-bond acceptors (Lipinski definition) is 2. The lowest BCUT2D eigenvalue weighted by Gasteiger charge is -2.43. The normalized spacial score (nSPS) is 38.2. The molecule has 0 spiro atoms. The minimum absolute atomic E-state index is 0.114. The molecule has 3 fully saturated rings. The maximum atomic E-state index is 11.0. The molecule has 1 aromatic rings. The number of aromatic hydroxyl groups is 2. The second kappa shape index (κ2) is 5.31. The van der Waals surface area contributed by atoms with E-state index >= 15 is 0 Å². The van der Waals surface area contributed by atoms with Crippen LogP contribution in [0.5, 0.6) is 11.5 Å². The summed E-state index contributed by atoms with van der Waals surface area (Å²) in [6.07, 6.45) is 10.7. The van der Waals surface area contributed by atoms with E-state index in [4.69, 9.17) is 0 Å². The second-order valence-corrected chi connectivity index (χ2v) is 10.3. The molecule has 0 aliphatic heterocycles. The number of alkyl halides is 1. The zero-order valence-electron chi connectivity index (χ0n) is 15.8. The highest BCUT2D eigenvalue weighted by Gasteiger charge is 2.86. The highest BCUT2D eigenvalue weighted by Crippen LogP contribution is 2.89. The third kappa shape index (κ3) is 1.79. The lowest BCUT2D eigenvalue weighted by atomic mass is 9.61. The third-order valence-electron chi connectivity index (χ3n) is 8.75. The Bertz CT molecular complexity index is 785. The van der Waals surface area contributed by atoms with Gasteiger partial charge in [-0.25, -0.2) is 0 Å². The quantitative estimate of drug-likeness (QED) is 0.342. The van der Waals surface area contributed by atoms with Gasteiger partial charge in [0.15, 0.2) is 0 Å². The van der Waals surface area contributed by atoms with Crippen LogP contribution in [0.15, 0.2) is 23.8 Å². The van der Waals surface area contributed by atoms with Crippen molar-refractivity contribution in [2.45, 2.75) is 69.6 Å². The van der Waals surface area contributed by atoms with Gasteiger partial charge in [-0.15, -0.1) is 0 Å². The molecule has 0 radical (unpaired) electrons. The number of phenols is 2. The molecule has 0 saturated heterocycles. The minimum Gasteiger partial charge on any atom is -0.507 e. The molecule has 4 aliphatic rings. The Morgan fingerprint density at radius 1 is 1.15 bits per heavy atom. The van der Waals surface area contributed by atoms with Crippen LogP contribution in [-0.4, -0.2) is 15.5 Å². The molecule has 0 aromatic heterocycles. The summed E-state index contributed by atoms with van der Waals surface area (Å²) >= 11 is 3.53. The number of fused-ring (bicyclic) bond motifs is 1. The van der Waals surface area contributed by atoms with Crippen molar-refractivity contribution in [1.82, 2.24) is 0 Å². The van der Waals surface area contributed by atoms with E-state index < -0.39 is 0 Å². The van der Waals surface area contributed by atoms with E-state index in [-0.39, 0.29) is 16.2 Å². The zero-order valence-corrected chi connectivity index (χ0v) is 17.4. The van der Waals surface area contributed by atoms with E-state index in [1.165, 1.54) is 44.1 Å². The Kier molecular flexibility index (Phi) is 3.50. The van der Waals surface area contributed by atoms with Crippen LogP contribution >= 0.6 is 15.9 Å². The van der Waals surface area contributed by atoms with Crippen LogP contribution in [0.2, 0.25) is 0 Å². The summed E-state index contributed by atoms with van der Waals surface area (Å²) in [6.45, 7) is 4.56. The SMILES string of the molecule is CC1=CC2(c3c(O)cc(C4(CCCCBr)CCC4)cc3O)C3CC1C32C. The van der Waals surface area contributed by atoms with Crippen LogP contribution in [0.25, 0.3) is 0 Å². The maximum absolute atomic E-state index is 11.0. The van der Waals surface area contributed by atoms with Crippen molar-refractivity contribution in [2.24, 2.45) is 17.3 Å². The molecule has 3 heteroatoms. The van der Waals surface area contributed by atoms with Gasteiger partial charge in [-0.05, 0) is 79.4 Å². The number of rotatable bonds is 6. The first-order chi connectivity index (χ1) is 12.4. The standard InChI is InChI=1S/C23H29BrO2/c1-14-13-23(19-12-16(14)21(19,23)2)20-17(25)10-15(11-18(20)26)22(7-5-8-22)6-3-4-9-24/h10-11,13,16,19,25-26H,3-9,12H2,1-2H3. The summed E-state index contributed by atoms with van der Waals surface area (Å²) in [5.41, 5.74) is 3.70. The molecule has 2 N–H and O–H groups in total. The van der Waals surface area contributed by atoms with Crippen LogP contribution in [0.1, 0.15) is 69.9 Å². The molecule has 0 bridgehead atoms. The van der Waals surface area contributed by atoms with Gasteiger partial charge in [0.25, 0.3) is 0 Å². The first kappa shape index (κ1) is 17.2. The van der Waals surface area contributed by atoms with Gasteiger partial charge in [-0.3, -0.25) is 0 Å². The predicted molar refractivity (Wildman–Crippen MR) is 108 cm³/mol. The number of benzene rings is 1. The van der Waals surface area contributed by atoms with Crippen molar-refractivity contribution in [3.63, 3.8) is 0 Å². The van der Waals surface area contributed by atoms with Crippen molar-refractivity contribution in [3.8, 4) is 11.5 Å². The van der Waals surface area contributed by atoms with Crippen LogP contribution in [0.4, 0.5) is 0 Å². The van der Waals surface area contributed by atoms with Crippen molar-refractivity contribution in [3.05, 3.63) is 34.9 Å². The second-order valence-electron chi connectivity index (χ2n) is 9.55. The summed E-state index contributed by atoms with van der Waals surface area (Å²) in [5.74, 6) is 1.90. The molecule has 1 aromatic carbocycles. The van der Waals surface area contributed by atoms with Crippen molar-refractivity contribution < 1.29 is 10.2 Å². The Morgan fingerprint density at radius 2 is 1.85 bits per heavy atom. The number of hydrogen-bond donors (Lipinski definition) is 2. The maximum Gasteiger partial charge on any atom is 0.123 e. The Labute approximate surface area is 164 Å². The number of phenolic OH excluding ortho intramolecular Hbond substituents is 2. The van der Waals surface area contributed by atoms with E-state index in [1.807, 2.05) is 12.1 Å². The van der Waals surface area contributed by atoms with Crippen LogP contribution in [-0.2, 0) is 10.8 Å². The predicted octanol–water partition coefficient (Wildman–Crippen LogP) is 5.94. The topological polar surface area (TPSA) is 40.5 Å². The molecule has 140 valence electrons. The highest BCUT2D eigenvalue weighted by atomic mass is 79.9. The summed E-state index contributed by atoms with van der Waals surface area (Å²) in [4.78, 5) is 0. The fourth-order valence-corrected chi connectivity index (χ4v) is 7.52. The molecule has 26 heavy (non-hydrogen) atoms. The molecule has 0 amide bonds. The smallest absolute Gasteiger partial charge is 0.123 e. The largest absolute Gasteiger partial charge is 0.507 e. The summed E-state index contributed by atoms with van der Waals surface area (Å²) in [5, 5.41) is 23.1. The molecule has 4 atom stereocenters. The van der Waals surface area contributed by atoms with Crippen LogP contribution < -0.4 is 0 Å². The average molecular weight is 417 g/mol. The van der Waals surface area contributed by atoms with Crippen molar-refractivity contribution >= 4 is 15.9 Å². The third-order valence-corrected chi connectivity index (χ3v) is 9.31. The number of allylic oxidation sites excluding steroid dienone is 2. The number of unbranched alkanes of at least 4 members (excludes halogenated alkanes) is 1. The summed E-state index contributed by atoms with van der Waals surface area (Å²) in [7, 11) is 0. The monoisotopic (exact) mass is 416 g/mol. The van der Waals surface area contributed by atoms with E-state index in [1.54, 1.807) is 0 Å². The van der Waals surface area contributed by atoms with Crippen LogP contribution in [0, 0.1) is 17.3 Å². The van der Waals surface area contributed by atoms with E-state index in [0.29, 0.717) is 23.3 Å². The van der Waals surface area contributed by atoms with Crippen LogP contribution in [0.3, 0.4) is 0 Å². The molecule has 2 nitrogen and oxygen atoms in total. The first-order valence-electron chi connectivity index (χ1n) is 10.2. The van der Waals surface area contributed by atoms with Gasteiger partial charge in [0.05, 0.1) is 0 Å². The van der Waals surface area contributed by atoms with Gasteiger partial charge in [-0.2, -0.15) is 0 Å². The molecular weight excluding hydrogens is 388 g/mol. The molecule has 3 saturated carbocycles. The molecule has 4 aliphatic carbocycles. The molecule has 0 heterocycles. The Morgan fingerprint density at radius 3 is 2.31 bits per heavy atom. The van der Waals surface area contributed by atoms with Gasteiger partial charge in [-0.1, -0.05) is 47.3 Å². The van der Waals surface area contributed by atoms with Gasteiger partial charge >= 0.3 is 0 Å². The lowest BCUT2D eigenvalue weighted by molar-refractivity contribution is 0.218. The van der Waals surface area contributed by atoms with Crippen molar-refractivity contribution in [1.29, 1.82) is 0 Å². The summed E-state index contributed by atoms with van der Waals surface area (Å²) in [6, 6.07) is 3.99.